The largest absolute Gasteiger partial charge is 0.308 e. The van der Waals surface area contributed by atoms with Crippen molar-refractivity contribution in [3.05, 3.63) is 107 Å². The number of amidine groups is 1. The van der Waals surface area contributed by atoms with Crippen LogP contribution in [0.15, 0.2) is 89.9 Å². The summed E-state index contributed by atoms with van der Waals surface area (Å²) in [5.41, 5.74) is 0.904. The third-order valence-electron chi connectivity index (χ3n) is 4.32. The van der Waals surface area contributed by atoms with Crippen molar-refractivity contribution >= 4 is 11.7 Å². The van der Waals surface area contributed by atoms with Gasteiger partial charge in [0.1, 0.15) is 11.7 Å². The Morgan fingerprint density at radius 1 is 0.800 bits per heavy atom. The number of carbonyl (C=O) groups is 1. The van der Waals surface area contributed by atoms with Crippen molar-refractivity contribution in [1.29, 1.82) is 0 Å². The maximum atomic E-state index is 13.6. The minimum Gasteiger partial charge on any atom is -0.308 e. The Labute approximate surface area is 144 Å². The van der Waals surface area contributed by atoms with Crippen LogP contribution in [0.3, 0.4) is 0 Å². The molecule has 0 fully saturated rings. The molecule has 0 aliphatic carbocycles. The summed E-state index contributed by atoms with van der Waals surface area (Å²) in [5, 5.41) is 2.83. The summed E-state index contributed by atoms with van der Waals surface area (Å²) in [6.07, 6.45) is 0. The number of nitrogens with zero attached hydrogens (tertiary/aromatic N) is 1. The van der Waals surface area contributed by atoms with Gasteiger partial charge in [-0.1, -0.05) is 72.8 Å². The standard InChI is InChI=1S/C21H15FN2O/c22-18-13-7-8-15(14-18)19-23-20(25)21(24-19,16-9-3-1-4-10-16)17-11-5-2-6-12-17/h1-14H,(H,23,24,25). The molecule has 1 aliphatic heterocycles. The zero-order valence-corrected chi connectivity index (χ0v) is 13.3. The summed E-state index contributed by atoms with van der Waals surface area (Å²) in [7, 11) is 0. The minimum absolute atomic E-state index is 0.246. The molecule has 1 heterocycles. The fourth-order valence-corrected chi connectivity index (χ4v) is 3.13. The van der Waals surface area contributed by atoms with Gasteiger partial charge < -0.3 is 5.32 Å². The second-order valence-corrected chi connectivity index (χ2v) is 5.87. The Hall–Kier alpha value is -3.27. The Kier molecular flexibility index (Phi) is 3.65. The van der Waals surface area contributed by atoms with Crippen LogP contribution in [0, 0.1) is 5.82 Å². The molecule has 0 saturated carbocycles. The lowest BCUT2D eigenvalue weighted by molar-refractivity contribution is -0.122. The van der Waals surface area contributed by atoms with E-state index in [-0.39, 0.29) is 11.7 Å². The molecule has 4 rings (SSSR count). The van der Waals surface area contributed by atoms with E-state index in [1.165, 1.54) is 12.1 Å². The predicted molar refractivity (Wildman–Crippen MR) is 94.7 cm³/mol. The molecule has 0 unspecified atom stereocenters. The third-order valence-corrected chi connectivity index (χ3v) is 4.32. The van der Waals surface area contributed by atoms with Gasteiger partial charge in [-0.25, -0.2) is 9.38 Å². The van der Waals surface area contributed by atoms with Gasteiger partial charge in [-0.15, -0.1) is 0 Å². The molecule has 3 aromatic rings. The molecule has 0 spiro atoms. The summed E-state index contributed by atoms with van der Waals surface area (Å²) in [5.74, 6) is -0.243. The summed E-state index contributed by atoms with van der Waals surface area (Å²) in [6.45, 7) is 0. The molecule has 1 amide bonds. The molecule has 0 bridgehead atoms. The highest BCUT2D eigenvalue weighted by Crippen LogP contribution is 2.37. The first-order chi connectivity index (χ1) is 12.2. The topological polar surface area (TPSA) is 41.5 Å². The SMILES string of the molecule is O=C1NC(c2cccc(F)c2)=NC1(c1ccccc1)c1ccccc1. The first-order valence-corrected chi connectivity index (χ1v) is 7.98. The maximum Gasteiger partial charge on any atom is 0.262 e. The number of carbonyl (C=O) groups excluding carboxylic acids is 1. The molecule has 1 N–H and O–H groups in total. The van der Waals surface area contributed by atoms with Crippen LogP contribution in [0.4, 0.5) is 4.39 Å². The van der Waals surface area contributed by atoms with E-state index in [0.29, 0.717) is 11.4 Å². The number of hydrogen-bond donors (Lipinski definition) is 1. The van der Waals surface area contributed by atoms with Crippen LogP contribution >= 0.6 is 0 Å². The van der Waals surface area contributed by atoms with Crippen LogP contribution < -0.4 is 5.32 Å². The van der Waals surface area contributed by atoms with E-state index in [4.69, 9.17) is 4.99 Å². The molecule has 122 valence electrons. The van der Waals surface area contributed by atoms with Gasteiger partial charge in [0.2, 0.25) is 0 Å². The number of halogens is 1. The molecule has 0 radical (unpaired) electrons. The van der Waals surface area contributed by atoms with E-state index in [1.54, 1.807) is 12.1 Å². The molecular formula is C21H15FN2O. The van der Waals surface area contributed by atoms with Crippen molar-refractivity contribution < 1.29 is 9.18 Å². The van der Waals surface area contributed by atoms with Gasteiger partial charge in [-0.3, -0.25) is 4.79 Å². The second-order valence-electron chi connectivity index (χ2n) is 5.87. The number of rotatable bonds is 3. The lowest BCUT2D eigenvalue weighted by atomic mass is 9.83. The molecule has 3 nitrogen and oxygen atoms in total. The van der Waals surface area contributed by atoms with Crippen molar-refractivity contribution in [1.82, 2.24) is 5.32 Å². The highest BCUT2D eigenvalue weighted by molar-refractivity contribution is 6.16. The number of hydrogen-bond acceptors (Lipinski definition) is 2. The normalized spacial score (nSPS) is 15.6. The number of benzene rings is 3. The van der Waals surface area contributed by atoms with E-state index < -0.39 is 5.54 Å². The fourth-order valence-electron chi connectivity index (χ4n) is 3.13. The highest BCUT2D eigenvalue weighted by Gasteiger charge is 2.46. The van der Waals surface area contributed by atoms with Gasteiger partial charge in [0.25, 0.3) is 5.91 Å². The van der Waals surface area contributed by atoms with Gasteiger partial charge in [0.15, 0.2) is 5.54 Å². The van der Waals surface area contributed by atoms with Crippen LogP contribution in [0.1, 0.15) is 16.7 Å². The molecule has 0 saturated heterocycles. The van der Waals surface area contributed by atoms with Crippen LogP contribution in [-0.2, 0) is 10.3 Å². The molecule has 0 aromatic heterocycles. The van der Waals surface area contributed by atoms with Gasteiger partial charge >= 0.3 is 0 Å². The molecule has 0 atom stereocenters. The van der Waals surface area contributed by atoms with Crippen LogP contribution in [0.5, 0.6) is 0 Å². The Morgan fingerprint density at radius 3 is 1.96 bits per heavy atom. The second kappa shape index (κ2) is 5.98. The van der Waals surface area contributed by atoms with Crippen molar-refractivity contribution in [2.75, 3.05) is 0 Å². The maximum absolute atomic E-state index is 13.6. The van der Waals surface area contributed by atoms with Crippen LogP contribution in [-0.4, -0.2) is 11.7 Å². The van der Waals surface area contributed by atoms with E-state index in [0.717, 1.165) is 11.1 Å². The lowest BCUT2D eigenvalue weighted by Gasteiger charge is -2.24. The Bertz CT molecular complexity index is 912. The Balaban J connectivity index is 1.94. The van der Waals surface area contributed by atoms with Crippen LogP contribution in [0.2, 0.25) is 0 Å². The summed E-state index contributed by atoms with van der Waals surface area (Å²) >= 11 is 0. The van der Waals surface area contributed by atoms with Gasteiger partial charge in [0.05, 0.1) is 0 Å². The van der Waals surface area contributed by atoms with E-state index >= 15 is 0 Å². The molecule has 3 aromatic carbocycles. The third kappa shape index (κ3) is 2.52. The smallest absolute Gasteiger partial charge is 0.262 e. The number of aliphatic imine (C=N–C) groups is 1. The van der Waals surface area contributed by atoms with Gasteiger partial charge in [0, 0.05) is 5.56 Å². The van der Waals surface area contributed by atoms with Crippen molar-refractivity contribution in [3.63, 3.8) is 0 Å². The van der Waals surface area contributed by atoms with Crippen molar-refractivity contribution in [3.8, 4) is 0 Å². The summed E-state index contributed by atoms with van der Waals surface area (Å²) in [6, 6.07) is 24.9. The average molecular weight is 330 g/mol. The Morgan fingerprint density at radius 2 is 1.40 bits per heavy atom. The molecule has 1 aliphatic rings. The first-order valence-electron chi connectivity index (χ1n) is 7.98. The van der Waals surface area contributed by atoms with E-state index in [2.05, 4.69) is 5.32 Å². The minimum atomic E-state index is -1.18. The lowest BCUT2D eigenvalue weighted by Crippen LogP contribution is -2.38. The zero-order valence-electron chi connectivity index (χ0n) is 13.3. The van der Waals surface area contributed by atoms with Crippen molar-refractivity contribution in [2.24, 2.45) is 4.99 Å². The molecule has 25 heavy (non-hydrogen) atoms. The van der Waals surface area contributed by atoms with Crippen LogP contribution in [0.25, 0.3) is 0 Å². The van der Waals surface area contributed by atoms with Gasteiger partial charge in [-0.05, 0) is 23.3 Å². The quantitative estimate of drug-likeness (QED) is 0.782. The summed E-state index contributed by atoms with van der Waals surface area (Å²) in [4.78, 5) is 17.8. The first kappa shape index (κ1) is 15.3. The predicted octanol–water partition coefficient (Wildman–Crippen LogP) is 3.65. The monoisotopic (exact) mass is 330 g/mol. The van der Waals surface area contributed by atoms with Crippen molar-refractivity contribution in [2.45, 2.75) is 5.54 Å². The van der Waals surface area contributed by atoms with E-state index in [1.807, 2.05) is 60.7 Å². The molecular weight excluding hydrogens is 315 g/mol. The number of amides is 1. The summed E-state index contributed by atoms with van der Waals surface area (Å²) < 4.78 is 13.6. The fraction of sp³-hybridized carbons (Fsp3) is 0.0476. The zero-order chi connectivity index (χ0) is 17.3. The van der Waals surface area contributed by atoms with Gasteiger partial charge in [-0.2, -0.15) is 0 Å². The average Bonchev–Trinajstić information content (AvgIpc) is 3.02. The number of nitrogens with one attached hydrogen (secondary N) is 1. The van der Waals surface area contributed by atoms with E-state index in [9.17, 15) is 9.18 Å². The molecule has 4 heteroatoms. The highest BCUT2D eigenvalue weighted by atomic mass is 19.1.